The van der Waals surface area contributed by atoms with Gasteiger partial charge in [0.05, 0.1) is 10.0 Å². The summed E-state index contributed by atoms with van der Waals surface area (Å²) in [6.07, 6.45) is 1.43. The van der Waals surface area contributed by atoms with Gasteiger partial charge in [-0.1, -0.05) is 23.2 Å². The number of hydrogen-bond acceptors (Lipinski definition) is 4. The van der Waals surface area contributed by atoms with Gasteiger partial charge in [0.2, 0.25) is 0 Å². The smallest absolute Gasteiger partial charge is 0.323 e. The highest BCUT2D eigenvalue weighted by Crippen LogP contribution is 2.35. The zero-order chi connectivity index (χ0) is 13.1. The molecular weight excluding hydrogens is 341 g/mol. The van der Waals surface area contributed by atoms with Crippen LogP contribution < -0.4 is 4.74 Å². The maximum absolute atomic E-state index is 8.71. The average Bonchev–Trinajstić information content (AvgIpc) is 2.36. The van der Waals surface area contributed by atoms with Crippen LogP contribution in [0.5, 0.6) is 11.8 Å². The summed E-state index contributed by atoms with van der Waals surface area (Å²) in [6, 6.07) is 6.54. The number of aromatic nitrogens is 2. The minimum atomic E-state index is 0.0364. The fourth-order valence-corrected chi connectivity index (χ4v) is 1.96. The number of halogens is 3. The van der Waals surface area contributed by atoms with E-state index in [2.05, 4.69) is 25.9 Å². The second kappa shape index (κ2) is 5.53. The largest absolute Gasteiger partial charge is 0.423 e. The van der Waals surface area contributed by atoms with E-state index >= 15 is 0 Å². The van der Waals surface area contributed by atoms with Crippen molar-refractivity contribution >= 4 is 39.1 Å². The topological polar surface area (TPSA) is 58.8 Å². The lowest BCUT2D eigenvalue weighted by Gasteiger charge is -2.07. The molecule has 0 radical (unpaired) electrons. The molecule has 0 amide bonds. The number of nitriles is 1. The molecule has 2 rings (SSSR count). The lowest BCUT2D eigenvalue weighted by atomic mass is 10.3. The van der Waals surface area contributed by atoms with Crippen molar-refractivity contribution in [3.8, 4) is 17.8 Å². The normalized spacial score (nSPS) is 9.89. The lowest BCUT2D eigenvalue weighted by Crippen LogP contribution is -1.94. The van der Waals surface area contributed by atoms with E-state index in [9.17, 15) is 0 Å². The molecule has 90 valence electrons. The van der Waals surface area contributed by atoms with E-state index in [1.54, 1.807) is 6.07 Å². The number of ether oxygens (including phenoxy) is 1. The molecule has 0 atom stereocenters. The first-order valence-corrected chi connectivity index (χ1v) is 6.20. The number of hydrogen-bond donors (Lipinski definition) is 0. The van der Waals surface area contributed by atoms with Gasteiger partial charge in [0.25, 0.3) is 0 Å². The SMILES string of the molecule is N#Cc1ccnc(Oc2cc(Cl)c(Br)cc2Cl)n1. The highest BCUT2D eigenvalue weighted by molar-refractivity contribution is 9.10. The predicted octanol–water partition coefficient (Wildman–Crippen LogP) is 4.21. The zero-order valence-electron chi connectivity index (χ0n) is 8.69. The highest BCUT2D eigenvalue weighted by atomic mass is 79.9. The molecule has 4 nitrogen and oxygen atoms in total. The fourth-order valence-electron chi connectivity index (χ4n) is 1.13. The summed E-state index contributed by atoms with van der Waals surface area (Å²) in [7, 11) is 0. The first-order chi connectivity index (χ1) is 8.60. The van der Waals surface area contributed by atoms with Crippen molar-refractivity contribution in [1.82, 2.24) is 9.97 Å². The van der Waals surface area contributed by atoms with Crippen LogP contribution in [0.3, 0.4) is 0 Å². The molecule has 0 N–H and O–H groups in total. The van der Waals surface area contributed by atoms with E-state index in [-0.39, 0.29) is 11.7 Å². The summed E-state index contributed by atoms with van der Waals surface area (Å²) in [5, 5.41) is 9.52. The van der Waals surface area contributed by atoms with Gasteiger partial charge in [-0.3, -0.25) is 0 Å². The standard InChI is InChI=1S/C11H4BrCl2N3O/c12-7-3-9(14)10(4-8(7)13)18-11-16-2-1-6(5-15)17-11/h1-4H. The van der Waals surface area contributed by atoms with Crippen LogP contribution in [-0.4, -0.2) is 9.97 Å². The van der Waals surface area contributed by atoms with Gasteiger partial charge in [0.1, 0.15) is 11.8 Å². The second-order valence-corrected chi connectivity index (χ2v) is 4.80. The molecule has 0 aliphatic rings. The number of rotatable bonds is 2. The van der Waals surface area contributed by atoms with Gasteiger partial charge in [0, 0.05) is 16.7 Å². The van der Waals surface area contributed by atoms with Crippen LogP contribution in [0.25, 0.3) is 0 Å². The monoisotopic (exact) mass is 343 g/mol. The van der Waals surface area contributed by atoms with Crippen LogP contribution in [0, 0.1) is 11.3 Å². The lowest BCUT2D eigenvalue weighted by molar-refractivity contribution is 0.441. The maximum Gasteiger partial charge on any atom is 0.323 e. The average molecular weight is 345 g/mol. The third-order valence-corrected chi connectivity index (χ3v) is 3.42. The minimum absolute atomic E-state index is 0.0364. The van der Waals surface area contributed by atoms with Crippen LogP contribution in [-0.2, 0) is 0 Å². The van der Waals surface area contributed by atoms with Gasteiger partial charge in [-0.15, -0.1) is 0 Å². The number of benzene rings is 1. The molecule has 0 aliphatic carbocycles. The van der Waals surface area contributed by atoms with E-state index in [1.807, 2.05) is 6.07 Å². The summed E-state index contributed by atoms with van der Waals surface area (Å²) in [5.74, 6) is 0.319. The predicted molar refractivity (Wildman–Crippen MR) is 71.0 cm³/mol. The molecule has 0 saturated carbocycles. The highest BCUT2D eigenvalue weighted by Gasteiger charge is 2.09. The molecule has 1 aromatic carbocycles. The summed E-state index contributed by atoms with van der Waals surface area (Å²) in [6.45, 7) is 0. The number of nitrogens with zero attached hydrogens (tertiary/aromatic N) is 3. The van der Waals surface area contributed by atoms with Crippen LogP contribution in [0.1, 0.15) is 5.69 Å². The first-order valence-electron chi connectivity index (χ1n) is 4.65. The zero-order valence-corrected chi connectivity index (χ0v) is 11.8. The molecule has 0 unspecified atom stereocenters. The van der Waals surface area contributed by atoms with Gasteiger partial charge in [-0.2, -0.15) is 10.2 Å². The summed E-state index contributed by atoms with van der Waals surface area (Å²) in [4.78, 5) is 7.75. The van der Waals surface area contributed by atoms with E-state index < -0.39 is 0 Å². The second-order valence-electron chi connectivity index (χ2n) is 3.14. The molecule has 18 heavy (non-hydrogen) atoms. The Morgan fingerprint density at radius 1 is 1.28 bits per heavy atom. The van der Waals surface area contributed by atoms with Crippen molar-refractivity contribution < 1.29 is 4.74 Å². The third-order valence-electron chi connectivity index (χ3n) is 1.92. The van der Waals surface area contributed by atoms with Gasteiger partial charge in [-0.25, -0.2) is 4.98 Å². The Hall–Kier alpha value is -1.35. The molecule has 2 aromatic rings. The molecule has 0 fully saturated rings. The van der Waals surface area contributed by atoms with Crippen molar-refractivity contribution in [2.75, 3.05) is 0 Å². The van der Waals surface area contributed by atoms with Gasteiger partial charge in [-0.05, 0) is 28.1 Å². The molecule has 0 bridgehead atoms. The Morgan fingerprint density at radius 3 is 2.78 bits per heavy atom. The summed E-state index contributed by atoms with van der Waals surface area (Å²) in [5.41, 5.74) is 0.208. The molecule has 0 spiro atoms. The third kappa shape index (κ3) is 2.91. The Morgan fingerprint density at radius 2 is 2.06 bits per heavy atom. The van der Waals surface area contributed by atoms with Crippen molar-refractivity contribution in [3.63, 3.8) is 0 Å². The van der Waals surface area contributed by atoms with Crippen molar-refractivity contribution in [1.29, 1.82) is 5.26 Å². The van der Waals surface area contributed by atoms with E-state index in [0.717, 1.165) is 0 Å². The summed E-state index contributed by atoms with van der Waals surface area (Å²) < 4.78 is 6.04. The Bertz CT molecular complexity index is 643. The van der Waals surface area contributed by atoms with Crippen molar-refractivity contribution in [2.45, 2.75) is 0 Å². The van der Waals surface area contributed by atoms with E-state index in [4.69, 9.17) is 33.2 Å². The van der Waals surface area contributed by atoms with E-state index in [1.165, 1.54) is 18.3 Å². The molecule has 0 saturated heterocycles. The molecule has 0 aliphatic heterocycles. The van der Waals surface area contributed by atoms with Crippen molar-refractivity contribution in [2.24, 2.45) is 0 Å². The minimum Gasteiger partial charge on any atom is -0.423 e. The van der Waals surface area contributed by atoms with Crippen LogP contribution >= 0.6 is 39.1 Å². The summed E-state index contributed by atoms with van der Waals surface area (Å²) >= 11 is 15.2. The fraction of sp³-hybridized carbons (Fsp3) is 0. The van der Waals surface area contributed by atoms with Gasteiger partial charge in [0.15, 0.2) is 5.75 Å². The maximum atomic E-state index is 8.71. The van der Waals surface area contributed by atoms with Crippen LogP contribution in [0.15, 0.2) is 28.9 Å². The molecule has 1 heterocycles. The van der Waals surface area contributed by atoms with Gasteiger partial charge >= 0.3 is 6.01 Å². The molecule has 1 aromatic heterocycles. The van der Waals surface area contributed by atoms with Crippen LogP contribution in [0.2, 0.25) is 10.0 Å². The van der Waals surface area contributed by atoms with Crippen molar-refractivity contribution in [3.05, 3.63) is 44.6 Å². The molecule has 7 heteroatoms. The molecular formula is C11H4BrCl2N3O. The van der Waals surface area contributed by atoms with Crippen LogP contribution in [0.4, 0.5) is 0 Å². The Labute approximate surface area is 121 Å². The quantitative estimate of drug-likeness (QED) is 0.765. The van der Waals surface area contributed by atoms with E-state index in [0.29, 0.717) is 20.3 Å². The Kier molecular flexibility index (Phi) is 4.02. The first kappa shape index (κ1) is 13.1. The van der Waals surface area contributed by atoms with Gasteiger partial charge < -0.3 is 4.74 Å². The Balaban J connectivity index is 2.34.